The van der Waals surface area contributed by atoms with E-state index < -0.39 is 0 Å². The average molecular weight is 198 g/mol. The Labute approximate surface area is 82.9 Å². The van der Waals surface area contributed by atoms with Gasteiger partial charge in [-0.25, -0.2) is 4.39 Å². The van der Waals surface area contributed by atoms with Crippen molar-refractivity contribution in [3.8, 4) is 0 Å². The monoisotopic (exact) mass is 198 g/mol. The molecule has 0 unspecified atom stereocenters. The first kappa shape index (κ1) is 9.68. The maximum absolute atomic E-state index is 12.9. The Bertz CT molecular complexity index is 257. The number of nitrogens with zero attached hydrogens (tertiary/aromatic N) is 1. The molecule has 1 saturated heterocycles. The van der Waals surface area contributed by atoms with Gasteiger partial charge in [-0.3, -0.25) is 4.90 Å². The van der Waals surface area contributed by atoms with Crippen molar-refractivity contribution in [3.05, 3.63) is 24.2 Å². The standard InChI is InChI=1S/C10H15FN2O/c11-7-10(9-1-6-14-8-9)13-4-2-12-3-5-13/h1,6,8,10,12H,2-5,7H2/t10-/m1/s1. The quantitative estimate of drug-likeness (QED) is 0.791. The van der Waals surface area contributed by atoms with E-state index in [-0.39, 0.29) is 12.7 Å². The number of halogens is 1. The van der Waals surface area contributed by atoms with Crippen molar-refractivity contribution < 1.29 is 8.81 Å². The van der Waals surface area contributed by atoms with Crippen LogP contribution in [0.2, 0.25) is 0 Å². The molecule has 2 heterocycles. The molecule has 1 aromatic rings. The van der Waals surface area contributed by atoms with Gasteiger partial charge in [0.15, 0.2) is 0 Å². The van der Waals surface area contributed by atoms with Crippen molar-refractivity contribution in [2.75, 3.05) is 32.9 Å². The number of piperazine rings is 1. The first-order chi connectivity index (χ1) is 6.92. The Morgan fingerprint density at radius 3 is 2.86 bits per heavy atom. The van der Waals surface area contributed by atoms with Crippen molar-refractivity contribution in [2.24, 2.45) is 0 Å². The van der Waals surface area contributed by atoms with E-state index >= 15 is 0 Å². The minimum Gasteiger partial charge on any atom is -0.472 e. The largest absolute Gasteiger partial charge is 0.472 e. The molecule has 1 aliphatic rings. The normalized spacial score (nSPS) is 20.9. The van der Waals surface area contributed by atoms with E-state index in [0.29, 0.717) is 0 Å². The van der Waals surface area contributed by atoms with Crippen LogP contribution in [-0.4, -0.2) is 37.8 Å². The minimum atomic E-state index is -0.348. The van der Waals surface area contributed by atoms with Gasteiger partial charge in [-0.2, -0.15) is 0 Å². The number of nitrogens with one attached hydrogen (secondary N) is 1. The Balaban J connectivity index is 2.04. The van der Waals surface area contributed by atoms with E-state index in [0.717, 1.165) is 31.7 Å². The Morgan fingerprint density at radius 2 is 2.29 bits per heavy atom. The van der Waals surface area contributed by atoms with Crippen LogP contribution in [-0.2, 0) is 0 Å². The summed E-state index contributed by atoms with van der Waals surface area (Å²) in [5, 5.41) is 3.25. The highest BCUT2D eigenvalue weighted by Gasteiger charge is 2.22. The summed E-state index contributed by atoms with van der Waals surface area (Å²) in [5.41, 5.74) is 0.939. The maximum atomic E-state index is 12.9. The smallest absolute Gasteiger partial charge is 0.109 e. The predicted molar refractivity (Wildman–Crippen MR) is 51.9 cm³/mol. The average Bonchev–Trinajstić information content (AvgIpc) is 2.74. The SMILES string of the molecule is FC[C@H](c1ccoc1)N1CCNCC1. The molecule has 78 valence electrons. The Hall–Kier alpha value is -0.870. The third kappa shape index (κ3) is 1.96. The Morgan fingerprint density at radius 1 is 1.50 bits per heavy atom. The fraction of sp³-hybridized carbons (Fsp3) is 0.600. The fourth-order valence-corrected chi connectivity index (χ4v) is 1.86. The molecule has 1 N–H and O–H groups in total. The van der Waals surface area contributed by atoms with E-state index in [4.69, 9.17) is 4.42 Å². The molecule has 0 saturated carbocycles. The van der Waals surface area contributed by atoms with Crippen LogP contribution >= 0.6 is 0 Å². The highest BCUT2D eigenvalue weighted by Crippen LogP contribution is 2.21. The van der Waals surface area contributed by atoms with Crippen LogP contribution in [0.3, 0.4) is 0 Å². The van der Waals surface area contributed by atoms with Gasteiger partial charge in [-0.15, -0.1) is 0 Å². The second-order valence-corrected chi connectivity index (χ2v) is 3.51. The number of alkyl halides is 1. The van der Waals surface area contributed by atoms with Gasteiger partial charge in [-0.05, 0) is 6.07 Å². The van der Waals surface area contributed by atoms with Gasteiger partial charge in [0.05, 0.1) is 18.6 Å². The molecule has 0 radical (unpaired) electrons. The molecule has 3 nitrogen and oxygen atoms in total. The summed E-state index contributed by atoms with van der Waals surface area (Å²) in [4.78, 5) is 2.15. The summed E-state index contributed by atoms with van der Waals surface area (Å²) in [6.45, 7) is 3.34. The molecular weight excluding hydrogens is 183 g/mol. The third-order valence-corrected chi connectivity index (χ3v) is 2.67. The molecule has 14 heavy (non-hydrogen) atoms. The molecule has 0 aliphatic carbocycles. The first-order valence-electron chi connectivity index (χ1n) is 4.94. The molecule has 2 rings (SSSR count). The van der Waals surface area contributed by atoms with Crippen LogP contribution < -0.4 is 5.32 Å². The molecular formula is C10H15FN2O. The zero-order valence-corrected chi connectivity index (χ0v) is 8.08. The molecule has 0 amide bonds. The van der Waals surface area contributed by atoms with E-state index in [1.165, 1.54) is 0 Å². The highest BCUT2D eigenvalue weighted by molar-refractivity contribution is 5.12. The molecule has 0 aromatic carbocycles. The Kier molecular flexibility index (Phi) is 3.16. The van der Waals surface area contributed by atoms with Crippen molar-refractivity contribution in [3.63, 3.8) is 0 Å². The van der Waals surface area contributed by atoms with E-state index in [1.54, 1.807) is 12.5 Å². The van der Waals surface area contributed by atoms with Crippen LogP contribution in [0.5, 0.6) is 0 Å². The van der Waals surface area contributed by atoms with Crippen LogP contribution in [0.15, 0.2) is 23.0 Å². The van der Waals surface area contributed by atoms with Gasteiger partial charge in [-0.1, -0.05) is 0 Å². The van der Waals surface area contributed by atoms with Crippen LogP contribution in [0.1, 0.15) is 11.6 Å². The molecule has 1 fully saturated rings. The van der Waals surface area contributed by atoms with Gasteiger partial charge in [0, 0.05) is 31.7 Å². The number of hydrogen-bond acceptors (Lipinski definition) is 3. The van der Waals surface area contributed by atoms with Crippen LogP contribution in [0.25, 0.3) is 0 Å². The summed E-state index contributed by atoms with van der Waals surface area (Å²) in [6, 6.07) is 1.71. The lowest BCUT2D eigenvalue weighted by Gasteiger charge is -2.32. The van der Waals surface area contributed by atoms with Crippen molar-refractivity contribution in [1.29, 1.82) is 0 Å². The zero-order chi connectivity index (χ0) is 9.80. The molecule has 1 aromatic heterocycles. The number of hydrogen-bond donors (Lipinski definition) is 1. The predicted octanol–water partition coefficient (Wildman–Crippen LogP) is 1.20. The van der Waals surface area contributed by atoms with Crippen LogP contribution in [0.4, 0.5) is 4.39 Å². The van der Waals surface area contributed by atoms with Crippen molar-refractivity contribution in [2.45, 2.75) is 6.04 Å². The van der Waals surface area contributed by atoms with Crippen molar-refractivity contribution in [1.82, 2.24) is 10.2 Å². The summed E-state index contributed by atoms with van der Waals surface area (Å²) < 4.78 is 17.9. The first-order valence-corrected chi connectivity index (χ1v) is 4.94. The molecule has 0 bridgehead atoms. The molecule has 1 atom stereocenters. The third-order valence-electron chi connectivity index (χ3n) is 2.67. The second kappa shape index (κ2) is 4.57. The van der Waals surface area contributed by atoms with Gasteiger partial charge in [0.25, 0.3) is 0 Å². The van der Waals surface area contributed by atoms with E-state index in [9.17, 15) is 4.39 Å². The van der Waals surface area contributed by atoms with Crippen molar-refractivity contribution >= 4 is 0 Å². The maximum Gasteiger partial charge on any atom is 0.109 e. The summed E-state index contributed by atoms with van der Waals surface area (Å²) in [7, 11) is 0. The van der Waals surface area contributed by atoms with Gasteiger partial charge >= 0.3 is 0 Å². The van der Waals surface area contributed by atoms with E-state index in [1.807, 2.05) is 6.07 Å². The lowest BCUT2D eigenvalue weighted by molar-refractivity contribution is 0.147. The van der Waals surface area contributed by atoms with E-state index in [2.05, 4.69) is 10.2 Å². The lowest BCUT2D eigenvalue weighted by Crippen LogP contribution is -2.45. The topological polar surface area (TPSA) is 28.4 Å². The second-order valence-electron chi connectivity index (χ2n) is 3.51. The summed E-state index contributed by atoms with van der Waals surface area (Å²) in [5.74, 6) is 0. The lowest BCUT2D eigenvalue weighted by atomic mass is 10.1. The van der Waals surface area contributed by atoms with Gasteiger partial charge in [0.1, 0.15) is 6.67 Å². The number of furan rings is 1. The summed E-state index contributed by atoms with van der Waals surface area (Å²) >= 11 is 0. The minimum absolute atomic E-state index is 0.129. The van der Waals surface area contributed by atoms with Gasteiger partial charge in [0.2, 0.25) is 0 Å². The number of rotatable bonds is 3. The fourth-order valence-electron chi connectivity index (χ4n) is 1.86. The zero-order valence-electron chi connectivity index (χ0n) is 8.08. The molecule has 0 spiro atoms. The summed E-state index contributed by atoms with van der Waals surface area (Å²) in [6.07, 6.45) is 3.23. The van der Waals surface area contributed by atoms with Gasteiger partial charge < -0.3 is 9.73 Å². The highest BCUT2D eigenvalue weighted by atomic mass is 19.1. The molecule has 1 aliphatic heterocycles. The molecule has 4 heteroatoms. The van der Waals surface area contributed by atoms with Crippen LogP contribution in [0, 0.1) is 0 Å².